The summed E-state index contributed by atoms with van der Waals surface area (Å²) in [4.78, 5) is 4.16. The van der Waals surface area contributed by atoms with Gasteiger partial charge in [-0.2, -0.15) is 4.98 Å². The van der Waals surface area contributed by atoms with Crippen LogP contribution in [0.4, 0.5) is 0 Å². The van der Waals surface area contributed by atoms with Crippen molar-refractivity contribution in [3.63, 3.8) is 0 Å². The highest BCUT2D eigenvalue weighted by Gasteiger charge is 2.32. The fraction of sp³-hybridized carbons (Fsp3) is 0.333. The minimum Gasteiger partial charge on any atom is -0.343 e. The SMILES string of the molecule is c1ccc([C@@H]2CNC[C@H]2c2ncon2)cc1. The smallest absolute Gasteiger partial charge is 0.213 e. The minimum absolute atomic E-state index is 0.321. The second-order valence-corrected chi connectivity index (χ2v) is 4.07. The van der Waals surface area contributed by atoms with E-state index in [0.717, 1.165) is 18.9 Å². The summed E-state index contributed by atoms with van der Waals surface area (Å²) < 4.78 is 4.82. The molecule has 0 amide bonds. The molecule has 2 aromatic rings. The van der Waals surface area contributed by atoms with Gasteiger partial charge < -0.3 is 9.84 Å². The molecule has 2 heterocycles. The minimum atomic E-state index is 0.321. The van der Waals surface area contributed by atoms with Crippen LogP contribution in [0.3, 0.4) is 0 Å². The Balaban J connectivity index is 1.90. The van der Waals surface area contributed by atoms with Gasteiger partial charge in [0.25, 0.3) is 0 Å². The zero-order valence-electron chi connectivity index (χ0n) is 8.84. The zero-order valence-corrected chi connectivity index (χ0v) is 8.84. The van der Waals surface area contributed by atoms with Crippen LogP contribution in [0.1, 0.15) is 23.2 Å². The lowest BCUT2D eigenvalue weighted by Crippen LogP contribution is -2.10. The zero-order chi connectivity index (χ0) is 10.8. The molecule has 0 radical (unpaired) electrons. The highest BCUT2D eigenvalue weighted by molar-refractivity contribution is 5.25. The van der Waals surface area contributed by atoms with Gasteiger partial charge >= 0.3 is 0 Å². The lowest BCUT2D eigenvalue weighted by molar-refractivity contribution is 0.403. The monoisotopic (exact) mass is 215 g/mol. The van der Waals surface area contributed by atoms with Crippen LogP contribution >= 0.6 is 0 Å². The summed E-state index contributed by atoms with van der Waals surface area (Å²) in [6.45, 7) is 1.89. The first kappa shape index (κ1) is 9.54. The van der Waals surface area contributed by atoms with Gasteiger partial charge in [-0.1, -0.05) is 35.5 Å². The standard InChI is InChI=1S/C12H13N3O/c1-2-4-9(5-3-1)10-6-13-7-11(10)12-14-8-16-15-12/h1-5,8,10-11,13H,6-7H2/t10-,11+/m0/s1. The van der Waals surface area contributed by atoms with Crippen molar-refractivity contribution in [2.45, 2.75) is 11.8 Å². The van der Waals surface area contributed by atoms with E-state index in [1.165, 1.54) is 12.0 Å². The molecular formula is C12H13N3O. The number of aromatic nitrogens is 2. The Morgan fingerprint density at radius 1 is 1.12 bits per heavy atom. The van der Waals surface area contributed by atoms with Crippen molar-refractivity contribution >= 4 is 0 Å². The molecule has 1 aliphatic heterocycles. The van der Waals surface area contributed by atoms with Gasteiger partial charge in [-0.05, 0) is 5.56 Å². The summed E-state index contributed by atoms with van der Waals surface area (Å²) in [7, 11) is 0. The average Bonchev–Trinajstić information content (AvgIpc) is 3.01. The number of rotatable bonds is 2. The van der Waals surface area contributed by atoms with Crippen LogP contribution in [-0.2, 0) is 0 Å². The Morgan fingerprint density at radius 2 is 1.94 bits per heavy atom. The molecular weight excluding hydrogens is 202 g/mol. The van der Waals surface area contributed by atoms with Crippen LogP contribution in [0.25, 0.3) is 0 Å². The van der Waals surface area contributed by atoms with Gasteiger partial charge in [0.05, 0.1) is 0 Å². The van der Waals surface area contributed by atoms with Gasteiger partial charge in [-0.25, -0.2) is 0 Å². The average molecular weight is 215 g/mol. The van der Waals surface area contributed by atoms with Crippen LogP contribution < -0.4 is 5.32 Å². The maximum absolute atomic E-state index is 4.82. The van der Waals surface area contributed by atoms with Gasteiger partial charge in [0.2, 0.25) is 6.39 Å². The summed E-state index contributed by atoms with van der Waals surface area (Å²) in [6.07, 6.45) is 1.40. The van der Waals surface area contributed by atoms with Crippen molar-refractivity contribution in [2.75, 3.05) is 13.1 Å². The van der Waals surface area contributed by atoms with Crippen molar-refractivity contribution in [3.05, 3.63) is 48.1 Å². The van der Waals surface area contributed by atoms with Gasteiger partial charge in [0.1, 0.15) is 0 Å². The second-order valence-electron chi connectivity index (χ2n) is 4.07. The molecule has 0 aliphatic carbocycles. The fourth-order valence-electron chi connectivity index (χ4n) is 2.34. The van der Waals surface area contributed by atoms with E-state index in [9.17, 15) is 0 Å². The molecule has 1 aliphatic rings. The van der Waals surface area contributed by atoms with Gasteiger partial charge in [0, 0.05) is 24.9 Å². The predicted molar refractivity (Wildman–Crippen MR) is 59.1 cm³/mol. The molecule has 1 fully saturated rings. The van der Waals surface area contributed by atoms with E-state index in [4.69, 9.17) is 4.52 Å². The van der Waals surface area contributed by atoms with E-state index in [2.05, 4.69) is 39.7 Å². The van der Waals surface area contributed by atoms with Crippen molar-refractivity contribution in [1.82, 2.24) is 15.5 Å². The lowest BCUT2D eigenvalue weighted by Gasteiger charge is -2.15. The summed E-state index contributed by atoms with van der Waals surface area (Å²) in [5.41, 5.74) is 1.34. The first-order chi connectivity index (χ1) is 7.95. The van der Waals surface area contributed by atoms with Gasteiger partial charge in [-0.3, -0.25) is 0 Å². The van der Waals surface area contributed by atoms with Crippen LogP contribution in [0.2, 0.25) is 0 Å². The van der Waals surface area contributed by atoms with E-state index in [1.807, 2.05) is 6.07 Å². The van der Waals surface area contributed by atoms with Crippen molar-refractivity contribution in [2.24, 2.45) is 0 Å². The maximum atomic E-state index is 4.82. The van der Waals surface area contributed by atoms with E-state index >= 15 is 0 Å². The summed E-state index contributed by atoms with van der Waals surface area (Å²) in [6, 6.07) is 10.5. The van der Waals surface area contributed by atoms with E-state index in [1.54, 1.807) is 0 Å². The van der Waals surface area contributed by atoms with Crippen molar-refractivity contribution in [3.8, 4) is 0 Å². The predicted octanol–water partition coefficient (Wildman–Crippen LogP) is 1.54. The molecule has 1 aromatic heterocycles. The number of hydrogen-bond acceptors (Lipinski definition) is 4. The van der Waals surface area contributed by atoms with Crippen molar-refractivity contribution in [1.29, 1.82) is 0 Å². The van der Waals surface area contributed by atoms with Crippen molar-refractivity contribution < 1.29 is 4.52 Å². The molecule has 2 atom stereocenters. The third kappa shape index (κ3) is 1.61. The highest BCUT2D eigenvalue weighted by Crippen LogP contribution is 2.33. The van der Waals surface area contributed by atoms with E-state index in [-0.39, 0.29) is 0 Å². The molecule has 1 aromatic carbocycles. The summed E-state index contributed by atoms with van der Waals surface area (Å²) in [5, 5.41) is 7.34. The molecule has 4 heteroatoms. The first-order valence-electron chi connectivity index (χ1n) is 5.47. The van der Waals surface area contributed by atoms with E-state index in [0.29, 0.717) is 11.8 Å². The van der Waals surface area contributed by atoms with Crippen LogP contribution in [0, 0.1) is 0 Å². The second kappa shape index (κ2) is 4.06. The molecule has 0 saturated carbocycles. The third-order valence-electron chi connectivity index (χ3n) is 3.15. The van der Waals surface area contributed by atoms with Crippen LogP contribution in [0.5, 0.6) is 0 Å². The third-order valence-corrected chi connectivity index (χ3v) is 3.15. The fourth-order valence-corrected chi connectivity index (χ4v) is 2.34. The number of benzene rings is 1. The molecule has 4 nitrogen and oxygen atoms in total. The molecule has 1 saturated heterocycles. The number of nitrogens with one attached hydrogen (secondary N) is 1. The molecule has 1 N–H and O–H groups in total. The summed E-state index contributed by atoms with van der Waals surface area (Å²) in [5.74, 6) is 1.57. The van der Waals surface area contributed by atoms with E-state index < -0.39 is 0 Å². The Hall–Kier alpha value is -1.68. The number of nitrogens with zero attached hydrogens (tertiary/aromatic N) is 2. The maximum Gasteiger partial charge on any atom is 0.213 e. The molecule has 16 heavy (non-hydrogen) atoms. The normalized spacial score (nSPS) is 24.8. The Labute approximate surface area is 93.7 Å². The molecule has 3 rings (SSSR count). The molecule has 0 spiro atoms. The quantitative estimate of drug-likeness (QED) is 0.825. The Bertz CT molecular complexity index is 441. The lowest BCUT2D eigenvalue weighted by atomic mass is 9.88. The largest absolute Gasteiger partial charge is 0.343 e. The molecule has 0 bridgehead atoms. The first-order valence-corrected chi connectivity index (χ1v) is 5.47. The molecule has 0 unspecified atom stereocenters. The Kier molecular flexibility index (Phi) is 2.42. The molecule has 82 valence electrons. The Morgan fingerprint density at radius 3 is 2.69 bits per heavy atom. The highest BCUT2D eigenvalue weighted by atomic mass is 16.5. The number of hydrogen-bond donors (Lipinski definition) is 1. The van der Waals surface area contributed by atoms with Gasteiger partial charge in [-0.15, -0.1) is 0 Å². The van der Waals surface area contributed by atoms with Gasteiger partial charge in [0.15, 0.2) is 5.82 Å². The topological polar surface area (TPSA) is 51.0 Å². The van der Waals surface area contributed by atoms with Crippen LogP contribution in [-0.4, -0.2) is 23.2 Å². The summed E-state index contributed by atoms with van der Waals surface area (Å²) >= 11 is 0. The van der Waals surface area contributed by atoms with Crippen LogP contribution in [0.15, 0.2) is 41.2 Å².